The smallest absolute Gasteiger partial charge is 0.0618 e. The Bertz CT molecular complexity index is 134. The summed E-state index contributed by atoms with van der Waals surface area (Å²) in [6.45, 7) is 4.31. The van der Waals surface area contributed by atoms with Crippen LogP contribution in [0, 0.1) is 5.92 Å². The van der Waals surface area contributed by atoms with Crippen LogP contribution in [0.5, 0.6) is 0 Å². The average Bonchev–Trinajstić information content (AvgIpc) is 2.99. The van der Waals surface area contributed by atoms with Gasteiger partial charge >= 0.3 is 0 Å². The van der Waals surface area contributed by atoms with Gasteiger partial charge in [0.25, 0.3) is 0 Å². The van der Waals surface area contributed by atoms with Crippen LogP contribution in [0.2, 0.25) is 0 Å². The number of hydrogen-bond acceptors (Lipinski definition) is 2. The van der Waals surface area contributed by atoms with Gasteiger partial charge in [-0.05, 0) is 31.7 Å². The van der Waals surface area contributed by atoms with Crippen molar-refractivity contribution in [2.75, 3.05) is 20.3 Å². The highest BCUT2D eigenvalue weighted by molar-refractivity contribution is 4.86. The lowest BCUT2D eigenvalue weighted by atomic mass is 10.1. The van der Waals surface area contributed by atoms with Crippen molar-refractivity contribution >= 4 is 0 Å². The van der Waals surface area contributed by atoms with Crippen LogP contribution in [-0.2, 0) is 4.74 Å². The molecule has 1 unspecified atom stereocenters. The predicted molar refractivity (Wildman–Crippen MR) is 60.5 cm³/mol. The Hall–Kier alpha value is -0.0800. The van der Waals surface area contributed by atoms with E-state index in [4.69, 9.17) is 4.74 Å². The van der Waals surface area contributed by atoms with Gasteiger partial charge in [0.2, 0.25) is 0 Å². The summed E-state index contributed by atoms with van der Waals surface area (Å²) in [7, 11) is 1.80. The molecular formula is C12H25NO. The van der Waals surface area contributed by atoms with Crippen LogP contribution in [0.15, 0.2) is 0 Å². The number of hydrogen-bond donors (Lipinski definition) is 1. The molecule has 0 heterocycles. The topological polar surface area (TPSA) is 21.3 Å². The second kappa shape index (κ2) is 7.24. The Morgan fingerprint density at radius 1 is 1.29 bits per heavy atom. The Balaban J connectivity index is 1.96. The van der Waals surface area contributed by atoms with Crippen LogP contribution in [-0.4, -0.2) is 26.3 Å². The van der Waals surface area contributed by atoms with Crippen LogP contribution < -0.4 is 5.32 Å². The maximum Gasteiger partial charge on any atom is 0.0618 e. The second-order valence-electron chi connectivity index (χ2n) is 4.41. The van der Waals surface area contributed by atoms with Crippen molar-refractivity contribution in [3.8, 4) is 0 Å². The molecule has 0 aromatic heterocycles. The number of rotatable bonds is 9. The maximum atomic E-state index is 5.22. The maximum absolute atomic E-state index is 5.22. The van der Waals surface area contributed by atoms with E-state index in [9.17, 15) is 0 Å². The molecule has 0 amide bonds. The molecule has 1 saturated carbocycles. The van der Waals surface area contributed by atoms with E-state index in [0.717, 1.165) is 12.5 Å². The third-order valence-electron chi connectivity index (χ3n) is 2.97. The standard InChI is InChI=1S/C12H25NO/c1-3-4-5-6-9-13-12(10-14-2)11-7-8-11/h11-13H,3-10H2,1-2H3. The lowest BCUT2D eigenvalue weighted by Crippen LogP contribution is -2.35. The molecular weight excluding hydrogens is 174 g/mol. The fraction of sp³-hybridized carbons (Fsp3) is 1.00. The van der Waals surface area contributed by atoms with Crippen LogP contribution in [0.4, 0.5) is 0 Å². The normalized spacial score (nSPS) is 18.4. The first-order valence-corrected chi connectivity index (χ1v) is 6.10. The van der Waals surface area contributed by atoms with Crippen molar-refractivity contribution in [1.82, 2.24) is 5.32 Å². The summed E-state index contributed by atoms with van der Waals surface area (Å²) in [5.41, 5.74) is 0. The van der Waals surface area contributed by atoms with E-state index in [1.165, 1.54) is 45.1 Å². The highest BCUT2D eigenvalue weighted by atomic mass is 16.5. The largest absolute Gasteiger partial charge is 0.383 e. The number of ether oxygens (including phenoxy) is 1. The summed E-state index contributed by atoms with van der Waals surface area (Å²) in [5.74, 6) is 0.904. The molecule has 0 aromatic rings. The minimum atomic E-state index is 0.627. The van der Waals surface area contributed by atoms with Crippen molar-refractivity contribution < 1.29 is 4.74 Å². The number of unbranched alkanes of at least 4 members (excludes halogenated alkanes) is 3. The third kappa shape index (κ3) is 4.97. The van der Waals surface area contributed by atoms with E-state index < -0.39 is 0 Å². The summed E-state index contributed by atoms with van der Waals surface area (Å²) in [4.78, 5) is 0. The number of methoxy groups -OCH3 is 1. The quantitative estimate of drug-likeness (QED) is 0.576. The van der Waals surface area contributed by atoms with Gasteiger partial charge in [-0.1, -0.05) is 26.2 Å². The van der Waals surface area contributed by atoms with E-state index in [-0.39, 0.29) is 0 Å². The van der Waals surface area contributed by atoms with Crippen molar-refractivity contribution in [2.45, 2.75) is 51.5 Å². The molecule has 1 atom stereocenters. The molecule has 84 valence electrons. The molecule has 1 fully saturated rings. The van der Waals surface area contributed by atoms with Gasteiger partial charge in [-0.15, -0.1) is 0 Å². The van der Waals surface area contributed by atoms with Crippen LogP contribution in [0.3, 0.4) is 0 Å². The second-order valence-corrected chi connectivity index (χ2v) is 4.41. The monoisotopic (exact) mass is 199 g/mol. The minimum Gasteiger partial charge on any atom is -0.383 e. The highest BCUT2D eigenvalue weighted by Gasteiger charge is 2.30. The molecule has 1 rings (SSSR count). The molecule has 1 aliphatic carbocycles. The van der Waals surface area contributed by atoms with Crippen molar-refractivity contribution in [3.05, 3.63) is 0 Å². The first-order chi connectivity index (χ1) is 6.88. The Labute approximate surface area is 88.4 Å². The summed E-state index contributed by atoms with van der Waals surface area (Å²) >= 11 is 0. The van der Waals surface area contributed by atoms with Gasteiger partial charge < -0.3 is 10.1 Å². The third-order valence-corrected chi connectivity index (χ3v) is 2.97. The van der Waals surface area contributed by atoms with Crippen molar-refractivity contribution in [2.24, 2.45) is 5.92 Å². The molecule has 0 aliphatic heterocycles. The molecule has 1 N–H and O–H groups in total. The zero-order valence-electron chi connectivity index (χ0n) is 9.72. The predicted octanol–water partition coefficient (Wildman–Crippen LogP) is 2.58. The van der Waals surface area contributed by atoms with Gasteiger partial charge in [0.15, 0.2) is 0 Å². The van der Waals surface area contributed by atoms with Crippen LogP contribution in [0.1, 0.15) is 45.4 Å². The Kier molecular flexibility index (Phi) is 6.20. The van der Waals surface area contributed by atoms with Gasteiger partial charge in [0.1, 0.15) is 0 Å². The lowest BCUT2D eigenvalue weighted by Gasteiger charge is -2.16. The van der Waals surface area contributed by atoms with Crippen molar-refractivity contribution in [1.29, 1.82) is 0 Å². The number of nitrogens with one attached hydrogen (secondary N) is 1. The molecule has 0 radical (unpaired) electrons. The first kappa shape index (κ1) is 12.0. The van der Waals surface area contributed by atoms with Crippen LogP contribution in [0.25, 0.3) is 0 Å². The molecule has 0 spiro atoms. The molecule has 0 saturated heterocycles. The molecule has 1 aliphatic rings. The molecule has 0 aromatic carbocycles. The van der Waals surface area contributed by atoms with Gasteiger partial charge in [-0.25, -0.2) is 0 Å². The van der Waals surface area contributed by atoms with Crippen LogP contribution >= 0.6 is 0 Å². The van der Waals surface area contributed by atoms with Gasteiger partial charge in [0, 0.05) is 13.2 Å². The summed E-state index contributed by atoms with van der Waals surface area (Å²) < 4.78 is 5.22. The molecule has 2 heteroatoms. The summed E-state index contributed by atoms with van der Waals surface area (Å²) in [6, 6.07) is 0.627. The van der Waals surface area contributed by atoms with E-state index in [0.29, 0.717) is 6.04 Å². The minimum absolute atomic E-state index is 0.627. The molecule has 14 heavy (non-hydrogen) atoms. The van der Waals surface area contributed by atoms with Crippen molar-refractivity contribution in [3.63, 3.8) is 0 Å². The van der Waals surface area contributed by atoms with Gasteiger partial charge in [-0.3, -0.25) is 0 Å². The summed E-state index contributed by atoms with van der Waals surface area (Å²) in [6.07, 6.45) is 8.19. The zero-order valence-corrected chi connectivity index (χ0v) is 9.72. The zero-order chi connectivity index (χ0) is 10.2. The Morgan fingerprint density at radius 3 is 2.64 bits per heavy atom. The fourth-order valence-corrected chi connectivity index (χ4v) is 1.88. The average molecular weight is 199 g/mol. The van der Waals surface area contributed by atoms with Gasteiger partial charge in [0.05, 0.1) is 6.61 Å². The van der Waals surface area contributed by atoms with E-state index in [2.05, 4.69) is 12.2 Å². The molecule has 2 nitrogen and oxygen atoms in total. The fourth-order valence-electron chi connectivity index (χ4n) is 1.88. The lowest BCUT2D eigenvalue weighted by molar-refractivity contribution is 0.157. The first-order valence-electron chi connectivity index (χ1n) is 6.10. The highest BCUT2D eigenvalue weighted by Crippen LogP contribution is 2.32. The van der Waals surface area contributed by atoms with E-state index in [1.807, 2.05) is 0 Å². The Morgan fingerprint density at radius 2 is 2.07 bits per heavy atom. The SMILES string of the molecule is CCCCCCNC(COC)C1CC1. The van der Waals surface area contributed by atoms with E-state index >= 15 is 0 Å². The molecule has 0 bridgehead atoms. The van der Waals surface area contributed by atoms with E-state index in [1.54, 1.807) is 7.11 Å². The summed E-state index contributed by atoms with van der Waals surface area (Å²) in [5, 5.41) is 3.62. The van der Waals surface area contributed by atoms with Gasteiger partial charge in [-0.2, -0.15) is 0 Å².